The van der Waals surface area contributed by atoms with E-state index in [9.17, 15) is 9.90 Å². The molecule has 1 saturated carbocycles. The van der Waals surface area contributed by atoms with Gasteiger partial charge in [-0.2, -0.15) is 0 Å². The zero-order valence-corrected chi connectivity index (χ0v) is 17.2. The quantitative estimate of drug-likeness (QED) is 0.809. The van der Waals surface area contributed by atoms with Gasteiger partial charge in [0.25, 0.3) is 5.56 Å². The zero-order chi connectivity index (χ0) is 20.0. The molecule has 0 amide bonds. The van der Waals surface area contributed by atoms with E-state index in [0.29, 0.717) is 29.1 Å². The first-order valence-corrected chi connectivity index (χ1v) is 10.8. The van der Waals surface area contributed by atoms with Gasteiger partial charge in [0.2, 0.25) is 0 Å². The summed E-state index contributed by atoms with van der Waals surface area (Å²) < 4.78 is 6.95. The molecule has 3 fully saturated rings. The van der Waals surface area contributed by atoms with Gasteiger partial charge in [0.15, 0.2) is 0 Å². The smallest absolute Gasteiger partial charge is 0.258 e. The lowest BCUT2D eigenvalue weighted by atomic mass is 9.77. The molecule has 0 unspecified atom stereocenters. The number of aromatic nitrogens is 2. The average molecular weight is 419 g/mol. The van der Waals surface area contributed by atoms with E-state index in [1.54, 1.807) is 24.4 Å². The number of hydrogen-bond donors (Lipinski definition) is 1. The predicted molar refractivity (Wildman–Crippen MR) is 110 cm³/mol. The van der Waals surface area contributed by atoms with Gasteiger partial charge in [-0.25, -0.2) is 4.98 Å². The Morgan fingerprint density at radius 2 is 1.93 bits per heavy atom. The normalized spacial score (nSPS) is 31.2. The summed E-state index contributed by atoms with van der Waals surface area (Å²) in [7, 11) is 0. The summed E-state index contributed by atoms with van der Waals surface area (Å²) in [6.45, 7) is 5.98. The number of hydrogen-bond acceptors (Lipinski definition) is 6. The fourth-order valence-corrected chi connectivity index (χ4v) is 5.53. The molecular weight excluding hydrogens is 392 g/mol. The number of fused-ring (bicyclic) bond motifs is 2. The lowest BCUT2D eigenvalue weighted by Gasteiger charge is -2.43. The molecule has 0 spiro atoms. The molecule has 2 aromatic heterocycles. The second-order valence-electron chi connectivity index (χ2n) is 8.63. The molecule has 0 aromatic carbocycles. The lowest BCUT2D eigenvalue weighted by Crippen LogP contribution is -2.53. The molecule has 3 aliphatic rings. The fourth-order valence-electron chi connectivity index (χ4n) is 5.37. The lowest BCUT2D eigenvalue weighted by molar-refractivity contribution is -0.0520. The van der Waals surface area contributed by atoms with Crippen LogP contribution in [-0.2, 0) is 11.3 Å². The molecule has 2 aromatic rings. The standard InChI is InChI=1S/C21H27ClN4O3/c22-16-1-2-20-23-17(9-21(28)26(20)12-16)13-24-10-14-7-18(19(27)8-15(14)11-24)25-3-5-29-6-4-25/h1-2,9,12,14-15,18-19,27H,3-8,10-11,13H2/t14-,15+,18-,19-/m1/s1. The van der Waals surface area contributed by atoms with E-state index in [4.69, 9.17) is 16.3 Å². The van der Waals surface area contributed by atoms with Crippen molar-refractivity contribution in [2.45, 2.75) is 31.5 Å². The van der Waals surface area contributed by atoms with Crippen LogP contribution in [0.2, 0.25) is 5.02 Å². The van der Waals surface area contributed by atoms with E-state index in [2.05, 4.69) is 14.8 Å². The Kier molecular flexibility index (Phi) is 5.34. The highest BCUT2D eigenvalue weighted by atomic mass is 35.5. The van der Waals surface area contributed by atoms with Crippen LogP contribution in [-0.4, -0.2) is 75.8 Å². The van der Waals surface area contributed by atoms with Gasteiger partial charge >= 0.3 is 0 Å². The number of halogens is 1. The third kappa shape index (κ3) is 3.94. The van der Waals surface area contributed by atoms with Crippen LogP contribution in [0.4, 0.5) is 0 Å². The number of likely N-dealkylation sites (tertiary alicyclic amines) is 1. The molecule has 2 saturated heterocycles. The highest BCUT2D eigenvalue weighted by molar-refractivity contribution is 6.30. The Bertz CT molecular complexity index is 945. The summed E-state index contributed by atoms with van der Waals surface area (Å²) in [6, 6.07) is 5.38. The predicted octanol–water partition coefficient (Wildman–Crippen LogP) is 1.25. The van der Waals surface area contributed by atoms with Crippen molar-refractivity contribution in [3.8, 4) is 0 Å². The number of morpholine rings is 1. The summed E-state index contributed by atoms with van der Waals surface area (Å²) in [5.74, 6) is 1.11. The summed E-state index contributed by atoms with van der Waals surface area (Å²) in [5, 5.41) is 11.3. The van der Waals surface area contributed by atoms with Crippen LogP contribution >= 0.6 is 11.6 Å². The van der Waals surface area contributed by atoms with E-state index in [0.717, 1.165) is 57.9 Å². The maximum atomic E-state index is 12.4. The molecule has 7 nitrogen and oxygen atoms in total. The van der Waals surface area contributed by atoms with Crippen molar-refractivity contribution in [1.29, 1.82) is 0 Å². The molecule has 156 valence electrons. The van der Waals surface area contributed by atoms with Gasteiger partial charge in [0, 0.05) is 51.0 Å². The van der Waals surface area contributed by atoms with Gasteiger partial charge in [-0.1, -0.05) is 11.6 Å². The molecule has 0 radical (unpaired) electrons. The van der Waals surface area contributed by atoms with Gasteiger partial charge in [0.05, 0.1) is 30.0 Å². The summed E-state index contributed by atoms with van der Waals surface area (Å²) in [6.07, 6.45) is 3.24. The van der Waals surface area contributed by atoms with Crippen LogP contribution in [0.1, 0.15) is 18.5 Å². The van der Waals surface area contributed by atoms with Crippen molar-refractivity contribution < 1.29 is 9.84 Å². The summed E-state index contributed by atoms with van der Waals surface area (Å²) in [5.41, 5.74) is 1.31. The van der Waals surface area contributed by atoms with Gasteiger partial charge in [-0.15, -0.1) is 0 Å². The van der Waals surface area contributed by atoms with Crippen LogP contribution in [0.25, 0.3) is 5.65 Å². The van der Waals surface area contributed by atoms with Crippen molar-refractivity contribution in [3.63, 3.8) is 0 Å². The van der Waals surface area contributed by atoms with Crippen LogP contribution in [0.15, 0.2) is 29.2 Å². The number of rotatable bonds is 3. The molecule has 4 atom stereocenters. The van der Waals surface area contributed by atoms with Crippen molar-refractivity contribution in [1.82, 2.24) is 19.2 Å². The molecule has 29 heavy (non-hydrogen) atoms. The zero-order valence-electron chi connectivity index (χ0n) is 16.4. The second-order valence-corrected chi connectivity index (χ2v) is 9.07. The van der Waals surface area contributed by atoms with Crippen LogP contribution in [0.3, 0.4) is 0 Å². The third-order valence-electron chi connectivity index (χ3n) is 6.76. The molecular formula is C21H27ClN4O3. The molecule has 1 aliphatic carbocycles. The van der Waals surface area contributed by atoms with Crippen molar-refractivity contribution in [2.75, 3.05) is 39.4 Å². The Hall–Kier alpha value is -1.51. The number of nitrogens with zero attached hydrogens (tertiary/aromatic N) is 4. The molecule has 5 rings (SSSR count). The SMILES string of the molecule is O=c1cc(CN2C[C@H]3C[C@@H](N4CCOCC4)[C@H](O)C[C@H]3C2)nc2ccc(Cl)cn12. The van der Waals surface area contributed by atoms with Crippen molar-refractivity contribution >= 4 is 17.2 Å². The second kappa shape index (κ2) is 7.96. The van der Waals surface area contributed by atoms with E-state index in [1.165, 1.54) is 4.40 Å². The van der Waals surface area contributed by atoms with Gasteiger partial charge < -0.3 is 9.84 Å². The first kappa shape index (κ1) is 19.5. The van der Waals surface area contributed by atoms with E-state index in [1.807, 2.05) is 0 Å². The number of aliphatic hydroxyl groups excluding tert-OH is 1. The maximum Gasteiger partial charge on any atom is 0.258 e. The first-order valence-electron chi connectivity index (χ1n) is 10.5. The van der Waals surface area contributed by atoms with Gasteiger partial charge in [0.1, 0.15) is 5.65 Å². The topological polar surface area (TPSA) is 70.3 Å². The largest absolute Gasteiger partial charge is 0.391 e. The third-order valence-corrected chi connectivity index (χ3v) is 6.99. The Morgan fingerprint density at radius 1 is 1.17 bits per heavy atom. The molecule has 4 heterocycles. The van der Waals surface area contributed by atoms with Gasteiger partial charge in [-0.05, 0) is 36.8 Å². The molecule has 8 heteroatoms. The number of aliphatic hydroxyl groups is 1. The van der Waals surface area contributed by atoms with Crippen molar-refractivity contribution in [2.24, 2.45) is 11.8 Å². The minimum atomic E-state index is -0.262. The van der Waals surface area contributed by atoms with E-state index in [-0.39, 0.29) is 17.7 Å². The van der Waals surface area contributed by atoms with Crippen LogP contribution in [0.5, 0.6) is 0 Å². The maximum absolute atomic E-state index is 12.4. The fraction of sp³-hybridized carbons (Fsp3) is 0.619. The van der Waals surface area contributed by atoms with E-state index >= 15 is 0 Å². The first-order chi connectivity index (χ1) is 14.1. The minimum absolute atomic E-state index is 0.105. The monoisotopic (exact) mass is 418 g/mol. The average Bonchev–Trinajstić information content (AvgIpc) is 3.09. The number of pyridine rings is 1. The highest BCUT2D eigenvalue weighted by Crippen LogP contribution is 2.38. The Labute approximate surface area is 174 Å². The molecule has 2 aliphatic heterocycles. The molecule has 1 N–H and O–H groups in total. The van der Waals surface area contributed by atoms with Crippen molar-refractivity contribution in [3.05, 3.63) is 45.5 Å². The highest BCUT2D eigenvalue weighted by Gasteiger charge is 2.43. The summed E-state index contributed by atoms with van der Waals surface area (Å²) >= 11 is 5.99. The summed E-state index contributed by atoms with van der Waals surface area (Å²) in [4.78, 5) is 21.9. The Morgan fingerprint density at radius 3 is 2.72 bits per heavy atom. The van der Waals surface area contributed by atoms with Gasteiger partial charge in [-0.3, -0.25) is 19.0 Å². The van der Waals surface area contributed by atoms with E-state index < -0.39 is 0 Å². The van der Waals surface area contributed by atoms with Crippen LogP contribution in [0, 0.1) is 11.8 Å². The number of ether oxygens (including phenoxy) is 1. The Balaban J connectivity index is 1.28. The minimum Gasteiger partial charge on any atom is -0.391 e. The molecule has 0 bridgehead atoms. The van der Waals surface area contributed by atoms with Crippen LogP contribution < -0.4 is 5.56 Å².